The van der Waals surface area contributed by atoms with Crippen LogP contribution in [0.5, 0.6) is 0 Å². The number of carbonyl (C=O) groups is 1. The predicted octanol–water partition coefficient (Wildman–Crippen LogP) is 6.41. The molecule has 4 nitrogen and oxygen atoms in total. The van der Waals surface area contributed by atoms with Crippen molar-refractivity contribution in [3.05, 3.63) is 137 Å². The highest BCUT2D eigenvalue weighted by molar-refractivity contribution is 5.87. The van der Waals surface area contributed by atoms with Crippen LogP contribution in [0.25, 0.3) is 10.9 Å². The highest BCUT2D eigenvalue weighted by Crippen LogP contribution is 2.36. The second-order valence-electron chi connectivity index (χ2n) is 9.42. The highest BCUT2D eigenvalue weighted by Gasteiger charge is 2.25. The number of aromatic nitrogens is 2. The van der Waals surface area contributed by atoms with Gasteiger partial charge in [-0.2, -0.15) is 0 Å². The Labute approximate surface area is 216 Å². The van der Waals surface area contributed by atoms with Crippen LogP contribution in [0.2, 0.25) is 0 Å². The van der Waals surface area contributed by atoms with Gasteiger partial charge in [-0.25, -0.2) is 4.39 Å². The lowest BCUT2D eigenvalue weighted by atomic mass is 9.87. The second kappa shape index (κ2) is 11.2. The largest absolute Gasteiger partial charge is 0.356 e. The molecular formula is C32H30FN3O. The van der Waals surface area contributed by atoms with Crippen LogP contribution in [0, 0.1) is 12.7 Å². The zero-order chi connectivity index (χ0) is 25.6. The number of nitrogens with one attached hydrogen (secondary N) is 1. The van der Waals surface area contributed by atoms with E-state index in [0.717, 1.165) is 27.7 Å². The van der Waals surface area contributed by atoms with Crippen LogP contribution >= 0.6 is 0 Å². The molecule has 1 amide bonds. The fourth-order valence-electron chi connectivity index (χ4n) is 4.92. The molecule has 0 spiro atoms. The summed E-state index contributed by atoms with van der Waals surface area (Å²) in [6.45, 7) is 3.13. The fraction of sp³-hybridized carbons (Fsp3) is 0.188. The molecule has 0 fully saturated rings. The van der Waals surface area contributed by atoms with Crippen LogP contribution in [-0.4, -0.2) is 22.0 Å². The van der Waals surface area contributed by atoms with E-state index in [4.69, 9.17) is 0 Å². The number of hydrogen-bond acceptors (Lipinski definition) is 2. The van der Waals surface area contributed by atoms with E-state index in [1.807, 2.05) is 61.5 Å². The number of amides is 1. The molecule has 2 heterocycles. The van der Waals surface area contributed by atoms with Gasteiger partial charge in [0, 0.05) is 60.8 Å². The Morgan fingerprint density at radius 3 is 2.54 bits per heavy atom. The summed E-state index contributed by atoms with van der Waals surface area (Å²) in [6, 6.07) is 29.3. The van der Waals surface area contributed by atoms with Crippen molar-refractivity contribution < 1.29 is 9.18 Å². The van der Waals surface area contributed by atoms with Gasteiger partial charge in [-0.1, -0.05) is 72.3 Å². The molecule has 0 saturated carbocycles. The maximum atomic E-state index is 15.2. The van der Waals surface area contributed by atoms with Crippen molar-refractivity contribution in [2.45, 2.75) is 32.2 Å². The molecule has 0 aliphatic heterocycles. The third-order valence-electron chi connectivity index (χ3n) is 6.74. The molecule has 0 aliphatic carbocycles. The van der Waals surface area contributed by atoms with E-state index in [1.165, 1.54) is 11.6 Å². The first kappa shape index (κ1) is 24.4. The van der Waals surface area contributed by atoms with Gasteiger partial charge in [0.2, 0.25) is 5.91 Å². The van der Waals surface area contributed by atoms with Gasteiger partial charge in [0.05, 0.1) is 0 Å². The van der Waals surface area contributed by atoms with Gasteiger partial charge in [-0.05, 0) is 47.9 Å². The third-order valence-corrected chi connectivity index (χ3v) is 6.74. The maximum absolute atomic E-state index is 15.2. The number of benzene rings is 3. The Bertz CT molecular complexity index is 1500. The van der Waals surface area contributed by atoms with Gasteiger partial charge < -0.3 is 9.88 Å². The SMILES string of the molecule is Cc1ccc(F)c([C@H](CC(=O)NCCc2ccccn2)c2cn(Cc3ccccc3)c3ccccc23)c1. The van der Waals surface area contributed by atoms with Crippen LogP contribution in [-0.2, 0) is 17.8 Å². The second-order valence-corrected chi connectivity index (χ2v) is 9.42. The molecular weight excluding hydrogens is 461 g/mol. The lowest BCUT2D eigenvalue weighted by Gasteiger charge is -2.19. The van der Waals surface area contributed by atoms with Crippen LogP contribution in [0.1, 0.15) is 40.3 Å². The first-order chi connectivity index (χ1) is 18.1. The van der Waals surface area contributed by atoms with Gasteiger partial charge in [-0.15, -0.1) is 0 Å². The average Bonchev–Trinajstić information content (AvgIpc) is 3.28. The van der Waals surface area contributed by atoms with E-state index in [2.05, 4.69) is 45.3 Å². The molecule has 5 rings (SSSR count). The molecule has 186 valence electrons. The fourth-order valence-corrected chi connectivity index (χ4v) is 4.92. The van der Waals surface area contributed by atoms with E-state index < -0.39 is 5.92 Å². The Morgan fingerprint density at radius 2 is 1.73 bits per heavy atom. The van der Waals surface area contributed by atoms with Crippen molar-refractivity contribution in [2.75, 3.05) is 6.54 Å². The monoisotopic (exact) mass is 491 g/mol. The number of halogens is 1. The zero-order valence-electron chi connectivity index (χ0n) is 20.9. The Kier molecular flexibility index (Phi) is 7.41. The average molecular weight is 492 g/mol. The number of hydrogen-bond donors (Lipinski definition) is 1. The topological polar surface area (TPSA) is 46.9 Å². The van der Waals surface area contributed by atoms with Crippen LogP contribution in [0.4, 0.5) is 4.39 Å². The summed E-state index contributed by atoms with van der Waals surface area (Å²) in [6.07, 6.45) is 4.64. The van der Waals surface area contributed by atoms with Gasteiger partial charge in [0.25, 0.3) is 0 Å². The first-order valence-electron chi connectivity index (χ1n) is 12.6. The Morgan fingerprint density at radius 1 is 0.946 bits per heavy atom. The van der Waals surface area contributed by atoms with E-state index in [9.17, 15) is 4.79 Å². The molecule has 0 aliphatic rings. The molecule has 0 saturated heterocycles. The van der Waals surface area contributed by atoms with Gasteiger partial charge in [0.1, 0.15) is 5.82 Å². The summed E-state index contributed by atoms with van der Waals surface area (Å²) in [5.41, 5.74) is 5.63. The van der Waals surface area contributed by atoms with Gasteiger partial charge in [-0.3, -0.25) is 9.78 Å². The predicted molar refractivity (Wildman–Crippen MR) is 146 cm³/mol. The minimum Gasteiger partial charge on any atom is -0.356 e. The summed E-state index contributed by atoms with van der Waals surface area (Å²) in [7, 11) is 0. The van der Waals surface area contributed by atoms with Crippen LogP contribution in [0.15, 0.2) is 103 Å². The normalized spacial score (nSPS) is 11.9. The number of aryl methyl sites for hydroxylation is 1. The van der Waals surface area contributed by atoms with E-state index in [1.54, 1.807) is 12.3 Å². The minimum absolute atomic E-state index is 0.110. The van der Waals surface area contributed by atoms with Crippen LogP contribution in [0.3, 0.4) is 0 Å². The number of carbonyl (C=O) groups excluding carboxylic acids is 1. The summed E-state index contributed by atoms with van der Waals surface area (Å²) in [5, 5.41) is 4.05. The molecule has 0 radical (unpaired) electrons. The number of nitrogens with zero attached hydrogens (tertiary/aromatic N) is 2. The lowest BCUT2D eigenvalue weighted by molar-refractivity contribution is -0.121. The zero-order valence-corrected chi connectivity index (χ0v) is 20.9. The van der Waals surface area contributed by atoms with Crippen molar-refractivity contribution in [3.8, 4) is 0 Å². The quantitative estimate of drug-likeness (QED) is 0.259. The molecule has 0 unspecified atom stereocenters. The van der Waals surface area contributed by atoms with Crippen molar-refractivity contribution in [1.82, 2.24) is 14.9 Å². The number of rotatable bonds is 9. The summed E-state index contributed by atoms with van der Waals surface area (Å²) < 4.78 is 17.4. The van der Waals surface area contributed by atoms with E-state index in [0.29, 0.717) is 25.1 Å². The minimum atomic E-state index is -0.420. The van der Waals surface area contributed by atoms with E-state index >= 15 is 4.39 Å². The first-order valence-corrected chi connectivity index (χ1v) is 12.6. The van der Waals surface area contributed by atoms with E-state index in [-0.39, 0.29) is 18.1 Å². The van der Waals surface area contributed by atoms with Crippen molar-refractivity contribution in [1.29, 1.82) is 0 Å². The molecule has 2 aromatic heterocycles. The van der Waals surface area contributed by atoms with Gasteiger partial charge >= 0.3 is 0 Å². The molecule has 1 atom stereocenters. The standard InChI is InChI=1S/C32H30FN3O/c1-23-14-15-30(33)28(19-23)27(20-32(37)35-18-16-25-11-7-8-17-34-25)29-22-36(21-24-9-3-2-4-10-24)31-13-6-5-12-26(29)31/h2-15,17,19,22,27H,16,18,20-21H2,1H3,(H,35,37)/t27-/m0/s1. The number of para-hydroxylation sites is 1. The summed E-state index contributed by atoms with van der Waals surface area (Å²) >= 11 is 0. The number of pyridine rings is 1. The van der Waals surface area contributed by atoms with Crippen molar-refractivity contribution >= 4 is 16.8 Å². The Hall–Kier alpha value is -4.25. The van der Waals surface area contributed by atoms with Gasteiger partial charge in [0.15, 0.2) is 0 Å². The van der Waals surface area contributed by atoms with Crippen LogP contribution < -0.4 is 5.32 Å². The molecule has 5 heteroatoms. The lowest BCUT2D eigenvalue weighted by Crippen LogP contribution is -2.27. The van der Waals surface area contributed by atoms with Crippen molar-refractivity contribution in [3.63, 3.8) is 0 Å². The maximum Gasteiger partial charge on any atom is 0.220 e. The molecule has 3 aromatic carbocycles. The van der Waals surface area contributed by atoms with Crippen molar-refractivity contribution in [2.24, 2.45) is 0 Å². The number of fused-ring (bicyclic) bond motifs is 1. The Balaban J connectivity index is 1.48. The highest BCUT2D eigenvalue weighted by atomic mass is 19.1. The molecule has 37 heavy (non-hydrogen) atoms. The smallest absolute Gasteiger partial charge is 0.220 e. The summed E-state index contributed by atoms with van der Waals surface area (Å²) in [4.78, 5) is 17.5. The molecule has 1 N–H and O–H groups in total. The molecule has 0 bridgehead atoms. The molecule has 5 aromatic rings. The summed E-state index contributed by atoms with van der Waals surface area (Å²) in [5.74, 6) is -0.824. The third kappa shape index (κ3) is 5.78.